The molecule has 0 spiro atoms. The van der Waals surface area contributed by atoms with E-state index in [1.165, 1.54) is 7.11 Å². The standard InChI is InChI=1S/C19H29NO4/c1-7-15(4)20(11-14(3)19(22)23-6)18(21)12-24-17-10-8-9-13(2)16(17)5/h8-10,14-15H,7,11-12H2,1-6H3. The quantitative estimate of drug-likeness (QED) is 0.685. The molecule has 1 amide bonds. The Morgan fingerprint density at radius 2 is 1.88 bits per heavy atom. The van der Waals surface area contributed by atoms with E-state index in [1.807, 2.05) is 45.9 Å². The van der Waals surface area contributed by atoms with Crippen LogP contribution in [0.15, 0.2) is 18.2 Å². The molecule has 0 aromatic heterocycles. The molecule has 0 N–H and O–H groups in total. The molecule has 0 fully saturated rings. The summed E-state index contributed by atoms with van der Waals surface area (Å²) in [6, 6.07) is 5.81. The van der Waals surface area contributed by atoms with E-state index in [9.17, 15) is 9.59 Å². The number of benzene rings is 1. The summed E-state index contributed by atoms with van der Waals surface area (Å²) in [5, 5.41) is 0. The molecular weight excluding hydrogens is 306 g/mol. The number of aryl methyl sites for hydroxylation is 1. The van der Waals surface area contributed by atoms with E-state index >= 15 is 0 Å². The van der Waals surface area contributed by atoms with Crippen LogP contribution < -0.4 is 4.74 Å². The van der Waals surface area contributed by atoms with Gasteiger partial charge in [0, 0.05) is 12.6 Å². The van der Waals surface area contributed by atoms with Gasteiger partial charge in [-0.05, 0) is 44.4 Å². The predicted octanol–water partition coefficient (Wildman–Crippen LogP) is 3.12. The molecule has 2 unspecified atom stereocenters. The summed E-state index contributed by atoms with van der Waals surface area (Å²) in [6.07, 6.45) is 0.809. The highest BCUT2D eigenvalue weighted by molar-refractivity contribution is 5.79. The van der Waals surface area contributed by atoms with Crippen molar-refractivity contribution in [3.05, 3.63) is 29.3 Å². The zero-order valence-corrected chi connectivity index (χ0v) is 15.6. The van der Waals surface area contributed by atoms with Crippen LogP contribution in [-0.4, -0.2) is 43.1 Å². The van der Waals surface area contributed by atoms with Gasteiger partial charge in [0.25, 0.3) is 5.91 Å². The van der Waals surface area contributed by atoms with Gasteiger partial charge < -0.3 is 14.4 Å². The average Bonchev–Trinajstić information content (AvgIpc) is 2.58. The molecule has 2 atom stereocenters. The highest BCUT2D eigenvalue weighted by Gasteiger charge is 2.25. The number of methoxy groups -OCH3 is 1. The Balaban J connectivity index is 2.77. The first kappa shape index (κ1) is 20.0. The summed E-state index contributed by atoms with van der Waals surface area (Å²) < 4.78 is 10.5. The molecule has 1 aromatic carbocycles. The maximum Gasteiger partial charge on any atom is 0.310 e. The first-order valence-electron chi connectivity index (χ1n) is 8.38. The van der Waals surface area contributed by atoms with Crippen LogP contribution in [-0.2, 0) is 14.3 Å². The lowest BCUT2D eigenvalue weighted by Gasteiger charge is -2.30. The lowest BCUT2D eigenvalue weighted by Crippen LogP contribution is -2.44. The lowest BCUT2D eigenvalue weighted by molar-refractivity contribution is -0.147. The molecule has 1 aromatic rings. The molecule has 1 rings (SSSR count). The van der Waals surface area contributed by atoms with Gasteiger partial charge in [-0.2, -0.15) is 0 Å². The van der Waals surface area contributed by atoms with E-state index in [1.54, 1.807) is 11.8 Å². The molecule has 5 nitrogen and oxygen atoms in total. The van der Waals surface area contributed by atoms with E-state index in [0.29, 0.717) is 12.3 Å². The second-order valence-electron chi connectivity index (χ2n) is 6.21. The van der Waals surface area contributed by atoms with Gasteiger partial charge in [0.15, 0.2) is 6.61 Å². The smallest absolute Gasteiger partial charge is 0.310 e. The molecule has 0 saturated heterocycles. The minimum absolute atomic E-state index is 0.0341. The largest absolute Gasteiger partial charge is 0.483 e. The Labute approximate surface area is 144 Å². The topological polar surface area (TPSA) is 55.8 Å². The number of nitrogens with zero attached hydrogens (tertiary/aromatic N) is 1. The zero-order chi connectivity index (χ0) is 18.3. The molecule has 0 radical (unpaired) electrons. The van der Waals surface area contributed by atoms with Gasteiger partial charge in [0.05, 0.1) is 13.0 Å². The number of ether oxygens (including phenoxy) is 2. The molecule has 134 valence electrons. The van der Waals surface area contributed by atoms with Crippen LogP contribution in [0.5, 0.6) is 5.75 Å². The van der Waals surface area contributed by atoms with Crippen molar-refractivity contribution in [3.63, 3.8) is 0 Å². The van der Waals surface area contributed by atoms with E-state index in [4.69, 9.17) is 9.47 Å². The fraction of sp³-hybridized carbons (Fsp3) is 0.579. The van der Waals surface area contributed by atoms with Crippen LogP contribution in [0, 0.1) is 19.8 Å². The van der Waals surface area contributed by atoms with Crippen LogP contribution >= 0.6 is 0 Å². The fourth-order valence-electron chi connectivity index (χ4n) is 2.42. The van der Waals surface area contributed by atoms with E-state index in [0.717, 1.165) is 17.5 Å². The number of esters is 1. The van der Waals surface area contributed by atoms with Crippen molar-refractivity contribution in [1.82, 2.24) is 4.90 Å². The van der Waals surface area contributed by atoms with E-state index in [2.05, 4.69) is 0 Å². The number of carbonyl (C=O) groups excluding carboxylic acids is 2. The summed E-state index contributed by atoms with van der Waals surface area (Å²) in [7, 11) is 1.36. The van der Waals surface area contributed by atoms with Crippen LogP contribution in [0.2, 0.25) is 0 Å². The third-order valence-electron chi connectivity index (χ3n) is 4.42. The second-order valence-corrected chi connectivity index (χ2v) is 6.21. The third kappa shape index (κ3) is 5.25. The zero-order valence-electron chi connectivity index (χ0n) is 15.6. The van der Waals surface area contributed by atoms with Crippen LogP contribution in [0.1, 0.15) is 38.3 Å². The number of rotatable bonds is 8. The van der Waals surface area contributed by atoms with Gasteiger partial charge in [-0.3, -0.25) is 9.59 Å². The maximum atomic E-state index is 12.6. The van der Waals surface area contributed by atoms with Crippen molar-refractivity contribution in [2.45, 2.75) is 47.1 Å². The molecule has 0 aliphatic rings. The van der Waals surface area contributed by atoms with Gasteiger partial charge in [-0.1, -0.05) is 26.0 Å². The van der Waals surface area contributed by atoms with Crippen LogP contribution in [0.3, 0.4) is 0 Å². The Hall–Kier alpha value is -2.04. The van der Waals surface area contributed by atoms with Crippen molar-refractivity contribution in [1.29, 1.82) is 0 Å². The SMILES string of the molecule is CCC(C)N(CC(C)C(=O)OC)C(=O)COc1cccc(C)c1C. The van der Waals surface area contributed by atoms with Gasteiger partial charge in [0.2, 0.25) is 0 Å². The average molecular weight is 335 g/mol. The summed E-state index contributed by atoms with van der Waals surface area (Å²) in [5.41, 5.74) is 2.15. The normalized spacial score (nSPS) is 13.1. The van der Waals surface area contributed by atoms with E-state index < -0.39 is 0 Å². The van der Waals surface area contributed by atoms with Gasteiger partial charge in [0.1, 0.15) is 5.75 Å². The molecule has 0 aliphatic heterocycles. The maximum absolute atomic E-state index is 12.6. The number of hydrogen-bond donors (Lipinski definition) is 0. The van der Waals surface area contributed by atoms with Crippen molar-refractivity contribution < 1.29 is 19.1 Å². The summed E-state index contributed by atoms with van der Waals surface area (Å²) >= 11 is 0. The van der Waals surface area contributed by atoms with Crippen molar-refractivity contribution in [3.8, 4) is 5.75 Å². The van der Waals surface area contributed by atoms with Crippen molar-refractivity contribution in [2.75, 3.05) is 20.3 Å². The minimum atomic E-state index is -0.367. The lowest BCUT2D eigenvalue weighted by atomic mass is 10.1. The highest BCUT2D eigenvalue weighted by Crippen LogP contribution is 2.21. The first-order chi connectivity index (χ1) is 11.3. The van der Waals surface area contributed by atoms with Gasteiger partial charge >= 0.3 is 5.97 Å². The molecule has 5 heteroatoms. The van der Waals surface area contributed by atoms with Gasteiger partial charge in [-0.15, -0.1) is 0 Å². The molecule has 0 bridgehead atoms. The Kier molecular flexibility index (Phi) is 7.75. The second kappa shape index (κ2) is 9.30. The number of amides is 1. The first-order valence-corrected chi connectivity index (χ1v) is 8.38. The minimum Gasteiger partial charge on any atom is -0.483 e. The molecule has 0 heterocycles. The third-order valence-corrected chi connectivity index (χ3v) is 4.42. The monoisotopic (exact) mass is 335 g/mol. The Bertz CT molecular complexity index is 570. The van der Waals surface area contributed by atoms with Crippen LogP contribution in [0.25, 0.3) is 0 Å². The number of carbonyl (C=O) groups is 2. The van der Waals surface area contributed by atoms with Crippen molar-refractivity contribution >= 4 is 11.9 Å². The summed E-state index contributed by atoms with van der Waals surface area (Å²) in [4.78, 5) is 26.0. The number of hydrogen-bond acceptors (Lipinski definition) is 4. The summed E-state index contributed by atoms with van der Waals surface area (Å²) in [6.45, 7) is 10.0. The fourth-order valence-corrected chi connectivity index (χ4v) is 2.42. The molecule has 0 aliphatic carbocycles. The molecule has 24 heavy (non-hydrogen) atoms. The highest BCUT2D eigenvalue weighted by atomic mass is 16.5. The van der Waals surface area contributed by atoms with Crippen molar-refractivity contribution in [2.24, 2.45) is 5.92 Å². The summed E-state index contributed by atoms with van der Waals surface area (Å²) in [5.74, 6) is -0.0883. The Morgan fingerprint density at radius 3 is 2.46 bits per heavy atom. The van der Waals surface area contributed by atoms with E-state index in [-0.39, 0.29) is 30.4 Å². The Morgan fingerprint density at radius 1 is 1.21 bits per heavy atom. The predicted molar refractivity (Wildman–Crippen MR) is 94.1 cm³/mol. The van der Waals surface area contributed by atoms with Crippen LogP contribution in [0.4, 0.5) is 0 Å². The molecule has 0 saturated carbocycles. The van der Waals surface area contributed by atoms with Gasteiger partial charge in [-0.25, -0.2) is 0 Å². The molecular formula is C19H29NO4.